The van der Waals surface area contributed by atoms with Crippen LogP contribution in [0.5, 0.6) is 0 Å². The number of carbonyl (C=O) groups excluding carboxylic acids is 3. The van der Waals surface area contributed by atoms with Gasteiger partial charge < -0.3 is 30.9 Å². The molecule has 0 amide bonds. The smallest absolute Gasteiger partial charge is 0.350 e. The van der Waals surface area contributed by atoms with Crippen molar-refractivity contribution in [1.82, 2.24) is 10.6 Å². The molecule has 2 saturated carbocycles. The van der Waals surface area contributed by atoms with Gasteiger partial charge in [-0.05, 0) is 76.5 Å². The van der Waals surface area contributed by atoms with E-state index in [9.17, 15) is 19.5 Å². The van der Waals surface area contributed by atoms with E-state index < -0.39 is 29.0 Å². The van der Waals surface area contributed by atoms with Crippen LogP contribution in [-0.4, -0.2) is 72.9 Å². The first-order valence-corrected chi connectivity index (χ1v) is 16.2. The number of fused-ring (bicyclic) bond motifs is 2. The zero-order valence-electron chi connectivity index (χ0n) is 25.5. The second-order valence-corrected chi connectivity index (χ2v) is 13.0. The average molecular weight is 576 g/mol. The zero-order chi connectivity index (χ0) is 29.6. The minimum Gasteiger partial charge on any atom is -0.463 e. The fourth-order valence-electron chi connectivity index (χ4n) is 7.50. The number of piperidine rings is 1. The standard InChI is InChI=1S/C32H53N3O6/c1-4-6-9-23(18-34-5-2)20-40-30(39)32-29(38)26-11-8-7-10-25(26)28(37)31(32,41-32)17-24(19-36)21(3)12-13-22-14-15-35-27(33)16-22/h22-23,25-27,34-36H,4-20,33H2,1-3H3/t22?,23-,25?,26?,27?,31+,32+/m1/s1. The Balaban J connectivity index is 1.54. The normalized spacial score (nSPS) is 34.4. The lowest BCUT2D eigenvalue weighted by atomic mass is 9.60. The summed E-state index contributed by atoms with van der Waals surface area (Å²) in [5, 5.41) is 17.0. The molecule has 4 fully saturated rings. The van der Waals surface area contributed by atoms with Crippen molar-refractivity contribution < 1.29 is 29.0 Å². The molecule has 4 unspecified atom stereocenters. The molecule has 2 saturated heterocycles. The van der Waals surface area contributed by atoms with Crippen molar-refractivity contribution in [2.75, 3.05) is 32.8 Å². The number of unbranched alkanes of at least 4 members (excludes halogenated alkanes) is 1. The number of rotatable bonds is 15. The van der Waals surface area contributed by atoms with Crippen LogP contribution in [0.15, 0.2) is 11.1 Å². The molecule has 232 valence electrons. The van der Waals surface area contributed by atoms with Gasteiger partial charge in [-0.2, -0.15) is 0 Å². The number of hydrogen-bond acceptors (Lipinski definition) is 9. The van der Waals surface area contributed by atoms with Gasteiger partial charge >= 0.3 is 5.97 Å². The Morgan fingerprint density at radius 3 is 2.59 bits per heavy atom. The summed E-state index contributed by atoms with van der Waals surface area (Å²) in [7, 11) is 0. The number of aliphatic hydroxyl groups is 1. The Labute approximate surface area is 245 Å². The number of nitrogens with two attached hydrogens (primary N) is 1. The summed E-state index contributed by atoms with van der Waals surface area (Å²) >= 11 is 0. The molecule has 0 spiro atoms. The van der Waals surface area contributed by atoms with Crippen LogP contribution in [0.4, 0.5) is 0 Å². The molecule has 5 N–H and O–H groups in total. The summed E-state index contributed by atoms with van der Waals surface area (Å²) in [6.45, 7) is 8.52. The number of ketones is 2. The predicted octanol–water partition coefficient (Wildman–Crippen LogP) is 3.18. The number of nitrogens with one attached hydrogen (secondary N) is 2. The van der Waals surface area contributed by atoms with Crippen molar-refractivity contribution >= 4 is 17.5 Å². The maximum Gasteiger partial charge on any atom is 0.350 e. The third-order valence-electron chi connectivity index (χ3n) is 10.2. The van der Waals surface area contributed by atoms with E-state index in [-0.39, 0.29) is 43.3 Å². The van der Waals surface area contributed by atoms with Gasteiger partial charge in [-0.25, -0.2) is 4.79 Å². The minimum absolute atomic E-state index is 0.00867. The van der Waals surface area contributed by atoms with Crippen LogP contribution >= 0.6 is 0 Å². The fraction of sp³-hybridized carbons (Fsp3) is 0.844. The Kier molecular flexibility index (Phi) is 11.2. The Morgan fingerprint density at radius 2 is 1.93 bits per heavy atom. The summed E-state index contributed by atoms with van der Waals surface area (Å²) in [4.78, 5) is 41.9. The molecule has 0 bridgehead atoms. The average Bonchev–Trinajstić information content (AvgIpc) is 3.68. The number of esters is 1. The molecule has 0 aromatic heterocycles. The Morgan fingerprint density at radius 1 is 1.20 bits per heavy atom. The summed E-state index contributed by atoms with van der Waals surface area (Å²) in [5.41, 5.74) is 4.29. The highest BCUT2D eigenvalue weighted by Crippen LogP contribution is 2.62. The van der Waals surface area contributed by atoms with Gasteiger partial charge in [0.2, 0.25) is 0 Å². The van der Waals surface area contributed by atoms with Gasteiger partial charge in [-0.3, -0.25) is 9.59 Å². The van der Waals surface area contributed by atoms with Crippen LogP contribution in [0.2, 0.25) is 0 Å². The SMILES string of the molecule is CCCC[C@H](CNCC)COC(=O)[C@]12O[C@@]1(CC(CO)=C(C)CCC1CCNC(N)C1)C(=O)C1CCCCC1C2=O. The third-order valence-corrected chi connectivity index (χ3v) is 10.2. The predicted molar refractivity (Wildman–Crippen MR) is 157 cm³/mol. The highest BCUT2D eigenvalue weighted by molar-refractivity contribution is 6.23. The quantitative estimate of drug-likeness (QED) is 0.100. The van der Waals surface area contributed by atoms with Gasteiger partial charge in [-0.15, -0.1) is 0 Å². The number of carbonyl (C=O) groups is 3. The lowest BCUT2D eigenvalue weighted by Gasteiger charge is -2.37. The minimum atomic E-state index is -1.89. The highest BCUT2D eigenvalue weighted by Gasteiger charge is 2.87. The van der Waals surface area contributed by atoms with Crippen molar-refractivity contribution in [1.29, 1.82) is 0 Å². The van der Waals surface area contributed by atoms with Gasteiger partial charge in [-0.1, -0.05) is 45.1 Å². The first-order valence-electron chi connectivity index (χ1n) is 16.2. The van der Waals surface area contributed by atoms with E-state index in [0.717, 1.165) is 83.0 Å². The van der Waals surface area contributed by atoms with Crippen LogP contribution in [0, 0.1) is 23.7 Å². The maximum absolute atomic E-state index is 14.1. The van der Waals surface area contributed by atoms with Crippen LogP contribution in [0.1, 0.15) is 97.8 Å². The Bertz CT molecular complexity index is 976. The molecule has 9 nitrogen and oxygen atoms in total. The van der Waals surface area contributed by atoms with E-state index in [0.29, 0.717) is 24.3 Å². The molecule has 4 rings (SSSR count). The topological polar surface area (TPSA) is 143 Å². The first kappa shape index (κ1) is 32.3. The van der Waals surface area contributed by atoms with Crippen molar-refractivity contribution in [3.63, 3.8) is 0 Å². The largest absolute Gasteiger partial charge is 0.463 e. The van der Waals surface area contributed by atoms with E-state index in [1.807, 2.05) is 13.8 Å². The van der Waals surface area contributed by atoms with Crippen LogP contribution < -0.4 is 16.4 Å². The monoisotopic (exact) mass is 575 g/mol. The van der Waals surface area contributed by atoms with E-state index in [2.05, 4.69) is 17.6 Å². The van der Waals surface area contributed by atoms with Crippen molar-refractivity contribution in [2.45, 2.75) is 115 Å². The summed E-state index contributed by atoms with van der Waals surface area (Å²) in [5.74, 6) is -1.48. The molecule has 0 aromatic carbocycles. The Hall–Kier alpha value is -1.65. The van der Waals surface area contributed by atoms with Crippen molar-refractivity contribution in [3.05, 3.63) is 11.1 Å². The molecule has 0 aromatic rings. The molecule has 2 aliphatic heterocycles. The molecule has 41 heavy (non-hydrogen) atoms. The van der Waals surface area contributed by atoms with Gasteiger partial charge in [0.05, 0.1) is 19.4 Å². The number of hydrogen-bond donors (Lipinski definition) is 4. The number of aliphatic hydroxyl groups excluding tert-OH is 1. The fourth-order valence-corrected chi connectivity index (χ4v) is 7.50. The maximum atomic E-state index is 14.1. The molecule has 0 radical (unpaired) electrons. The van der Waals surface area contributed by atoms with Gasteiger partial charge in [0.25, 0.3) is 5.60 Å². The zero-order valence-corrected chi connectivity index (χ0v) is 25.5. The summed E-state index contributed by atoms with van der Waals surface area (Å²) in [6, 6.07) is 0. The van der Waals surface area contributed by atoms with Gasteiger partial charge in [0.1, 0.15) is 0 Å². The lowest BCUT2D eigenvalue weighted by molar-refractivity contribution is -0.159. The molecule has 2 heterocycles. The number of ether oxygens (including phenoxy) is 2. The molecule has 9 heteroatoms. The van der Waals surface area contributed by atoms with Gasteiger partial charge in [0, 0.05) is 30.7 Å². The van der Waals surface area contributed by atoms with Crippen molar-refractivity contribution in [2.24, 2.45) is 29.4 Å². The molecule has 7 atom stereocenters. The molecule has 4 aliphatic rings. The van der Waals surface area contributed by atoms with E-state index in [1.54, 1.807) is 0 Å². The number of Topliss-reactive ketones (excluding diaryl/α,β-unsaturated/α-hetero) is 2. The van der Waals surface area contributed by atoms with Gasteiger partial charge in [0.15, 0.2) is 17.2 Å². The summed E-state index contributed by atoms with van der Waals surface area (Å²) in [6.07, 6.45) is 9.69. The first-order chi connectivity index (χ1) is 19.7. The van der Waals surface area contributed by atoms with Crippen LogP contribution in [0.3, 0.4) is 0 Å². The van der Waals surface area contributed by atoms with Crippen LogP contribution in [0.25, 0.3) is 0 Å². The number of epoxide rings is 1. The molecule has 2 aliphatic carbocycles. The van der Waals surface area contributed by atoms with E-state index >= 15 is 0 Å². The lowest BCUT2D eigenvalue weighted by Crippen LogP contribution is -2.58. The second-order valence-electron chi connectivity index (χ2n) is 13.0. The molecular formula is C32H53N3O6. The van der Waals surface area contributed by atoms with Crippen LogP contribution in [-0.2, 0) is 23.9 Å². The number of allylic oxidation sites excluding steroid dienone is 1. The highest BCUT2D eigenvalue weighted by atomic mass is 16.7. The van der Waals surface area contributed by atoms with Crippen molar-refractivity contribution in [3.8, 4) is 0 Å². The van der Waals surface area contributed by atoms with E-state index in [1.165, 1.54) is 0 Å². The van der Waals surface area contributed by atoms with E-state index in [4.69, 9.17) is 15.2 Å². The summed E-state index contributed by atoms with van der Waals surface area (Å²) < 4.78 is 12.0. The third kappa shape index (κ3) is 6.64. The molecular weight excluding hydrogens is 522 g/mol. The second kappa shape index (κ2) is 14.2.